The zero-order valence-corrected chi connectivity index (χ0v) is 8.30. The van der Waals surface area contributed by atoms with Crippen molar-refractivity contribution in [1.82, 2.24) is 5.16 Å². The first-order chi connectivity index (χ1) is 5.79. The highest BCUT2D eigenvalue weighted by atomic mass is 79.9. The van der Waals surface area contributed by atoms with Gasteiger partial charge in [-0.1, -0.05) is 18.0 Å². The van der Waals surface area contributed by atoms with Gasteiger partial charge in [0.1, 0.15) is 10.2 Å². The molecule has 12 heavy (non-hydrogen) atoms. The molecular weight excluding hydrogens is 220 g/mol. The van der Waals surface area contributed by atoms with Crippen molar-refractivity contribution in [2.24, 2.45) is 0 Å². The molecule has 0 amide bonds. The molecule has 0 atom stereocenters. The highest BCUT2D eigenvalue weighted by Gasteiger charge is 2.24. The molecule has 1 aliphatic carbocycles. The molecule has 2 rings (SSSR count). The van der Waals surface area contributed by atoms with Crippen LogP contribution >= 0.6 is 15.9 Å². The van der Waals surface area contributed by atoms with Crippen LogP contribution in [0.1, 0.15) is 37.3 Å². The Balaban J connectivity index is 2.26. The van der Waals surface area contributed by atoms with Crippen LogP contribution in [0.4, 0.5) is 5.88 Å². The third kappa shape index (κ3) is 1.24. The standard InChI is InChI=1S/C8H11BrN2O/c9-6-7(11-12-8(6)10)5-3-1-2-4-5/h5H,1-4,10H2. The summed E-state index contributed by atoms with van der Waals surface area (Å²) in [7, 11) is 0. The lowest BCUT2D eigenvalue weighted by Gasteiger charge is -2.02. The molecule has 1 aliphatic rings. The van der Waals surface area contributed by atoms with Gasteiger partial charge in [-0.05, 0) is 28.8 Å². The van der Waals surface area contributed by atoms with E-state index in [1.165, 1.54) is 25.7 Å². The molecule has 0 aromatic carbocycles. The molecule has 0 unspecified atom stereocenters. The van der Waals surface area contributed by atoms with Crippen LogP contribution in [-0.2, 0) is 0 Å². The van der Waals surface area contributed by atoms with Crippen molar-refractivity contribution in [2.75, 3.05) is 5.73 Å². The Bertz CT molecular complexity index is 279. The van der Waals surface area contributed by atoms with Crippen molar-refractivity contribution in [3.63, 3.8) is 0 Å². The SMILES string of the molecule is Nc1onc(C2CCCC2)c1Br. The fourth-order valence-electron chi connectivity index (χ4n) is 1.76. The van der Waals surface area contributed by atoms with Crippen molar-refractivity contribution >= 4 is 21.8 Å². The Labute approximate surface area is 79.4 Å². The number of hydrogen-bond donors (Lipinski definition) is 1. The van der Waals surface area contributed by atoms with Crippen LogP contribution in [-0.4, -0.2) is 5.16 Å². The lowest BCUT2D eigenvalue weighted by Crippen LogP contribution is -1.93. The van der Waals surface area contributed by atoms with Gasteiger partial charge in [0.05, 0.1) is 0 Å². The molecule has 0 aliphatic heterocycles. The van der Waals surface area contributed by atoms with E-state index in [0.717, 1.165) is 10.2 Å². The van der Waals surface area contributed by atoms with Crippen LogP contribution in [0.25, 0.3) is 0 Å². The van der Waals surface area contributed by atoms with Crippen molar-refractivity contribution < 1.29 is 4.52 Å². The summed E-state index contributed by atoms with van der Waals surface area (Å²) in [6, 6.07) is 0. The molecule has 2 N–H and O–H groups in total. The molecule has 1 aromatic rings. The van der Waals surface area contributed by atoms with Crippen LogP contribution in [0.2, 0.25) is 0 Å². The van der Waals surface area contributed by atoms with E-state index in [0.29, 0.717) is 11.8 Å². The first-order valence-electron chi connectivity index (χ1n) is 4.19. The predicted molar refractivity (Wildman–Crippen MR) is 49.8 cm³/mol. The minimum Gasteiger partial charge on any atom is -0.367 e. The Morgan fingerprint density at radius 3 is 2.58 bits per heavy atom. The molecule has 1 heterocycles. The molecule has 0 spiro atoms. The molecule has 0 bridgehead atoms. The Morgan fingerprint density at radius 1 is 1.42 bits per heavy atom. The minimum atomic E-state index is 0.400. The number of hydrogen-bond acceptors (Lipinski definition) is 3. The van der Waals surface area contributed by atoms with Crippen molar-refractivity contribution in [2.45, 2.75) is 31.6 Å². The summed E-state index contributed by atoms with van der Waals surface area (Å²) in [5.41, 5.74) is 6.54. The summed E-state index contributed by atoms with van der Waals surface area (Å²) in [4.78, 5) is 0. The summed E-state index contributed by atoms with van der Waals surface area (Å²) >= 11 is 3.38. The average molecular weight is 231 g/mol. The van der Waals surface area contributed by atoms with E-state index < -0.39 is 0 Å². The third-order valence-electron chi connectivity index (χ3n) is 2.43. The third-order valence-corrected chi connectivity index (χ3v) is 3.22. The molecule has 1 aromatic heterocycles. The van der Waals surface area contributed by atoms with Crippen LogP contribution in [0, 0.1) is 0 Å². The van der Waals surface area contributed by atoms with Crippen LogP contribution in [0.3, 0.4) is 0 Å². The Hall–Kier alpha value is -0.510. The van der Waals surface area contributed by atoms with E-state index in [-0.39, 0.29) is 0 Å². The van der Waals surface area contributed by atoms with Crippen molar-refractivity contribution in [3.05, 3.63) is 10.2 Å². The second-order valence-electron chi connectivity index (χ2n) is 3.23. The molecule has 66 valence electrons. The maximum absolute atomic E-state index is 5.53. The van der Waals surface area contributed by atoms with E-state index in [1.54, 1.807) is 0 Å². The van der Waals surface area contributed by atoms with Crippen molar-refractivity contribution in [3.8, 4) is 0 Å². The van der Waals surface area contributed by atoms with Gasteiger partial charge in [-0.3, -0.25) is 0 Å². The van der Waals surface area contributed by atoms with Gasteiger partial charge in [0.2, 0.25) is 5.88 Å². The van der Waals surface area contributed by atoms with E-state index in [9.17, 15) is 0 Å². The van der Waals surface area contributed by atoms with Crippen LogP contribution < -0.4 is 5.73 Å². The van der Waals surface area contributed by atoms with E-state index in [2.05, 4.69) is 21.1 Å². The molecule has 0 radical (unpaired) electrons. The van der Waals surface area contributed by atoms with Gasteiger partial charge in [0, 0.05) is 5.92 Å². The molecule has 1 saturated carbocycles. The monoisotopic (exact) mass is 230 g/mol. The van der Waals surface area contributed by atoms with Gasteiger partial charge in [-0.15, -0.1) is 0 Å². The van der Waals surface area contributed by atoms with Gasteiger partial charge in [0.15, 0.2) is 0 Å². The number of rotatable bonds is 1. The van der Waals surface area contributed by atoms with Gasteiger partial charge in [0.25, 0.3) is 0 Å². The summed E-state index contributed by atoms with van der Waals surface area (Å²) in [6.07, 6.45) is 5.02. The Kier molecular flexibility index (Phi) is 2.09. The van der Waals surface area contributed by atoms with Gasteiger partial charge >= 0.3 is 0 Å². The maximum Gasteiger partial charge on any atom is 0.236 e. The van der Waals surface area contributed by atoms with Gasteiger partial charge in [-0.25, -0.2) is 0 Å². The normalized spacial score (nSPS) is 18.8. The lowest BCUT2D eigenvalue weighted by molar-refractivity contribution is 0.420. The second kappa shape index (κ2) is 3.09. The van der Waals surface area contributed by atoms with Crippen LogP contribution in [0.5, 0.6) is 0 Å². The minimum absolute atomic E-state index is 0.400. The first kappa shape index (κ1) is 8.10. The molecule has 1 fully saturated rings. The number of halogens is 1. The fourth-order valence-corrected chi connectivity index (χ4v) is 2.23. The van der Waals surface area contributed by atoms with Gasteiger partial charge < -0.3 is 10.3 Å². The number of nitrogens with two attached hydrogens (primary N) is 1. The Morgan fingerprint density at radius 2 is 2.08 bits per heavy atom. The fraction of sp³-hybridized carbons (Fsp3) is 0.625. The summed E-state index contributed by atoms with van der Waals surface area (Å²) in [6.45, 7) is 0. The highest BCUT2D eigenvalue weighted by molar-refractivity contribution is 9.10. The molecule has 4 heteroatoms. The van der Waals surface area contributed by atoms with E-state index >= 15 is 0 Å². The van der Waals surface area contributed by atoms with Crippen molar-refractivity contribution in [1.29, 1.82) is 0 Å². The van der Waals surface area contributed by atoms with Crippen LogP contribution in [0.15, 0.2) is 9.00 Å². The van der Waals surface area contributed by atoms with Gasteiger partial charge in [-0.2, -0.15) is 0 Å². The quantitative estimate of drug-likeness (QED) is 0.808. The summed E-state index contributed by atoms with van der Waals surface area (Å²) in [5, 5.41) is 3.95. The zero-order valence-electron chi connectivity index (χ0n) is 6.72. The second-order valence-corrected chi connectivity index (χ2v) is 4.02. The largest absolute Gasteiger partial charge is 0.367 e. The maximum atomic E-state index is 5.53. The predicted octanol–water partition coefficient (Wildman–Crippen LogP) is 2.68. The summed E-state index contributed by atoms with van der Waals surface area (Å²) in [5.74, 6) is 0.956. The number of nitrogen functional groups attached to an aromatic ring is 1. The topological polar surface area (TPSA) is 52.0 Å². The smallest absolute Gasteiger partial charge is 0.236 e. The highest BCUT2D eigenvalue weighted by Crippen LogP contribution is 2.38. The van der Waals surface area contributed by atoms with E-state index in [1.807, 2.05) is 0 Å². The lowest BCUT2D eigenvalue weighted by atomic mass is 10.0. The molecule has 0 saturated heterocycles. The molecule has 3 nitrogen and oxygen atoms in total. The average Bonchev–Trinajstić information content (AvgIpc) is 2.64. The van der Waals surface area contributed by atoms with E-state index in [4.69, 9.17) is 10.3 Å². The summed E-state index contributed by atoms with van der Waals surface area (Å²) < 4.78 is 5.74. The zero-order chi connectivity index (χ0) is 8.55. The number of aromatic nitrogens is 1. The number of nitrogens with zero attached hydrogens (tertiary/aromatic N) is 1. The number of anilines is 1. The molecular formula is C8H11BrN2O. The first-order valence-corrected chi connectivity index (χ1v) is 4.99.